The molecule has 8 radical (unpaired) electrons. The zero-order valence-electron chi connectivity index (χ0n) is 52.9. The average Bonchev–Trinajstić information content (AvgIpc) is 4.44. The summed E-state index contributed by atoms with van der Waals surface area (Å²) in [6.07, 6.45) is 2.99. The van der Waals surface area contributed by atoms with Gasteiger partial charge in [-0.15, -0.1) is 138 Å². The van der Waals surface area contributed by atoms with Crippen LogP contribution in [-0.4, -0.2) is 38.1 Å². The van der Waals surface area contributed by atoms with Gasteiger partial charge in [-0.1, -0.05) is 260 Å². The van der Waals surface area contributed by atoms with Crippen LogP contribution in [0.25, 0.3) is 87.6 Å². The van der Waals surface area contributed by atoms with Crippen LogP contribution in [0.4, 0.5) is 0 Å². The quantitative estimate of drug-likeness (QED) is 0.0768. The Hall–Kier alpha value is -5.17. The summed E-state index contributed by atoms with van der Waals surface area (Å²) in [6, 6.07) is 89.3. The average molecular weight is 1320 g/mol. The SMILES string of the molecule is C[Si].C[Si].C[Si](C)CCCC[Si](C)C.Cc1cc2c(-c3ccccc3)cccc2[cH-]1.Cc1cc2c(-c3ccccc3)cccc2[cH-]1.Cc1cc2c(-c3ccccc3)cccc2[cH-]1.Cc1cc2c(-c3ccccc3)cccc2[cH-]1.[CH3-].[CH3-].[CH3-].[CH3-].[Zr+4].[Zr+4]. The van der Waals surface area contributed by atoms with Gasteiger partial charge in [-0.3, -0.25) is 0 Å². The van der Waals surface area contributed by atoms with Gasteiger partial charge in [0.25, 0.3) is 0 Å². The number of rotatable bonds is 9. The van der Waals surface area contributed by atoms with Crippen LogP contribution in [0, 0.1) is 57.4 Å². The van der Waals surface area contributed by atoms with E-state index in [4.69, 9.17) is 0 Å². The maximum atomic E-state index is 2.97. The zero-order valence-corrected chi connectivity index (χ0v) is 61.8. The third-order valence-corrected chi connectivity index (χ3v) is 16.2. The summed E-state index contributed by atoms with van der Waals surface area (Å²) in [5, 5.41) is 10.7. The fourth-order valence-corrected chi connectivity index (χ4v) is 11.9. The molecule has 84 heavy (non-hydrogen) atoms. The zero-order chi connectivity index (χ0) is 55.8. The van der Waals surface area contributed by atoms with Gasteiger partial charge < -0.3 is 29.7 Å². The van der Waals surface area contributed by atoms with Crippen LogP contribution in [0.1, 0.15) is 35.1 Å². The molecule has 0 spiro atoms. The molecule has 0 fully saturated rings. The van der Waals surface area contributed by atoms with E-state index in [-0.39, 0.29) is 99.7 Å². The molecule has 0 nitrogen and oxygen atoms in total. The van der Waals surface area contributed by atoms with E-state index in [1.807, 2.05) is 0 Å². The van der Waals surface area contributed by atoms with Gasteiger partial charge >= 0.3 is 52.4 Å². The smallest absolute Gasteiger partial charge is 0.358 e. The number of unbranched alkanes of at least 4 members (excludes halogenated alkanes) is 1. The topological polar surface area (TPSA) is 0 Å². The van der Waals surface area contributed by atoms with Gasteiger partial charge in [0.05, 0.1) is 0 Å². The molecule has 12 aromatic rings. The van der Waals surface area contributed by atoms with Crippen molar-refractivity contribution in [3.8, 4) is 44.5 Å². The number of hydrogen-bond acceptors (Lipinski definition) is 0. The maximum absolute atomic E-state index is 2.97. The van der Waals surface area contributed by atoms with Crippen LogP contribution in [0.2, 0.25) is 51.4 Å². The van der Waals surface area contributed by atoms with Gasteiger partial charge in [0.1, 0.15) is 0 Å². The first-order valence-electron chi connectivity index (χ1n) is 27.4. The molecule has 0 amide bonds. The molecule has 12 aromatic carbocycles. The molecule has 0 saturated heterocycles. The normalized spacial score (nSPS) is 9.74. The molecule has 0 unspecified atom stereocenters. The number of hydrogen-bond donors (Lipinski definition) is 0. The first kappa shape index (κ1) is 78.8. The van der Waals surface area contributed by atoms with Gasteiger partial charge in [-0.05, 0) is 22.3 Å². The van der Waals surface area contributed by atoms with Crippen molar-refractivity contribution < 1.29 is 52.4 Å². The van der Waals surface area contributed by atoms with Crippen LogP contribution in [0.15, 0.2) is 243 Å². The molecule has 0 aliphatic heterocycles. The minimum atomic E-state index is 0. The van der Waals surface area contributed by atoms with Gasteiger partial charge in [0.2, 0.25) is 0 Å². The van der Waals surface area contributed by atoms with Crippen molar-refractivity contribution in [1.82, 2.24) is 0 Å². The summed E-state index contributed by atoms with van der Waals surface area (Å²) in [5.74, 6) is 0. The molecular formula is C78H90Si4Zr2. The Bertz CT molecular complexity index is 3130. The van der Waals surface area contributed by atoms with Crippen LogP contribution in [0.3, 0.4) is 0 Å². The summed E-state index contributed by atoms with van der Waals surface area (Å²) in [6.45, 7) is 21.8. The molecule has 0 aliphatic rings. The molecule has 0 heterocycles. The molecule has 0 aliphatic carbocycles. The number of fused-ring (bicyclic) bond motifs is 4. The second kappa shape index (κ2) is 41.8. The van der Waals surface area contributed by atoms with Crippen LogP contribution < -0.4 is 0 Å². The van der Waals surface area contributed by atoms with Crippen molar-refractivity contribution in [1.29, 1.82) is 0 Å². The summed E-state index contributed by atoms with van der Waals surface area (Å²) in [4.78, 5) is 0. The van der Waals surface area contributed by atoms with E-state index in [0.29, 0.717) is 0 Å². The van der Waals surface area contributed by atoms with E-state index in [2.05, 4.69) is 317 Å². The Morgan fingerprint density at radius 2 is 0.476 bits per heavy atom. The van der Waals surface area contributed by atoms with Crippen LogP contribution in [-0.2, 0) is 52.4 Å². The molecule has 0 bridgehead atoms. The Morgan fingerprint density at radius 1 is 0.286 bits per heavy atom. The Balaban J connectivity index is 0.00000100. The largest absolute Gasteiger partial charge is 4.00 e. The minimum absolute atomic E-state index is 0. The Morgan fingerprint density at radius 3 is 0.655 bits per heavy atom. The van der Waals surface area contributed by atoms with Crippen molar-refractivity contribution >= 4 is 81.2 Å². The number of aryl methyl sites for hydroxylation is 4. The standard InChI is InChI=1S/4C16H13.C8H20Si2.2CH3Si.4CH3.2Zr/c4*1-12-10-14-8-5-9-15(16(14)11-12)13-6-3-2-4-7-13;1-9(2)7-5-6-8-10(3)4;2*1-2;;;;;;/h4*2-11H,1H3;5-8H2,1-4H3;2*1H3;4*1H3;;/q4*-1;;;;4*-1;2*+4. The first-order chi connectivity index (χ1) is 38.0. The molecule has 0 atom stereocenters. The van der Waals surface area contributed by atoms with Gasteiger partial charge in [-0.2, -0.15) is 24.3 Å². The molecule has 0 N–H and O–H groups in total. The minimum Gasteiger partial charge on any atom is -0.358 e. The second-order valence-electron chi connectivity index (χ2n) is 20.5. The fourth-order valence-electron chi connectivity index (χ4n) is 9.97. The van der Waals surface area contributed by atoms with Crippen molar-refractivity contribution in [3.63, 3.8) is 0 Å². The predicted octanol–water partition coefficient (Wildman–Crippen LogP) is 23.6. The summed E-state index contributed by atoms with van der Waals surface area (Å²) in [5.41, 5.74) is 15.8. The van der Waals surface area contributed by atoms with E-state index in [1.54, 1.807) is 13.1 Å². The monoisotopic (exact) mass is 1320 g/mol. The molecular weight excluding hydrogens is 1230 g/mol. The van der Waals surface area contributed by atoms with Gasteiger partial charge in [0.15, 0.2) is 0 Å². The van der Waals surface area contributed by atoms with E-state index >= 15 is 0 Å². The third-order valence-electron chi connectivity index (χ3n) is 13.5. The van der Waals surface area contributed by atoms with Crippen molar-refractivity contribution in [2.75, 3.05) is 0 Å². The van der Waals surface area contributed by atoms with E-state index in [0.717, 1.165) is 0 Å². The van der Waals surface area contributed by atoms with E-state index in [9.17, 15) is 0 Å². The Labute approximate surface area is 559 Å². The van der Waals surface area contributed by atoms with Gasteiger partial charge in [-0.25, -0.2) is 0 Å². The van der Waals surface area contributed by atoms with E-state index in [1.165, 1.54) is 135 Å². The van der Waals surface area contributed by atoms with Crippen molar-refractivity contribution in [2.45, 2.75) is 91.9 Å². The van der Waals surface area contributed by atoms with Crippen LogP contribution in [0.5, 0.6) is 0 Å². The third kappa shape index (κ3) is 23.3. The first-order valence-corrected chi connectivity index (χ1v) is 34.9. The van der Waals surface area contributed by atoms with E-state index < -0.39 is 0 Å². The number of benzene rings is 8. The van der Waals surface area contributed by atoms with Crippen molar-refractivity contribution in [2.24, 2.45) is 0 Å². The predicted molar refractivity (Wildman–Crippen MR) is 382 cm³/mol. The molecule has 0 saturated carbocycles. The molecule has 12 rings (SSSR count). The summed E-state index contributed by atoms with van der Waals surface area (Å²) >= 11 is 0. The summed E-state index contributed by atoms with van der Waals surface area (Å²) in [7, 11) is 6.10. The molecule has 6 heteroatoms. The Kier molecular flexibility index (Phi) is 39.2. The second-order valence-corrected chi connectivity index (χ2v) is 26.3. The van der Waals surface area contributed by atoms with Crippen LogP contribution >= 0.6 is 0 Å². The molecule has 0 aromatic heterocycles. The summed E-state index contributed by atoms with van der Waals surface area (Å²) < 4.78 is 0. The molecule has 426 valence electrons. The van der Waals surface area contributed by atoms with Crippen molar-refractivity contribution in [3.05, 3.63) is 295 Å². The van der Waals surface area contributed by atoms with Gasteiger partial charge in [0, 0.05) is 38.1 Å². The maximum Gasteiger partial charge on any atom is 4.00 e. The fraction of sp³-hybridized carbons (Fsp3) is 0.179.